The summed E-state index contributed by atoms with van der Waals surface area (Å²) < 4.78 is 10.6. The van der Waals surface area contributed by atoms with Gasteiger partial charge >= 0.3 is 11.9 Å². The Kier molecular flexibility index (Phi) is 8.43. The number of carboxylic acid groups (broad SMARTS) is 2. The van der Waals surface area contributed by atoms with Crippen LogP contribution in [0.5, 0.6) is 28.7 Å². The second-order valence-electron chi connectivity index (χ2n) is 13.2. The number of carboxylic acids is 2. The summed E-state index contributed by atoms with van der Waals surface area (Å²) >= 11 is 0. The second-order valence-corrected chi connectivity index (χ2v) is 13.2. The largest absolute Gasteiger partial charge is 0.507 e. The predicted octanol–water partition coefficient (Wildman–Crippen LogP) is 3.81. The number of allylic oxidation sites excluding steroid dienone is 3. The first kappa shape index (κ1) is 34.8. The van der Waals surface area contributed by atoms with Crippen LogP contribution in [-0.2, 0) is 19.2 Å². The van der Waals surface area contributed by atoms with E-state index < -0.39 is 93.7 Å². The van der Waals surface area contributed by atoms with Crippen molar-refractivity contribution in [3.63, 3.8) is 0 Å². The lowest BCUT2D eigenvalue weighted by atomic mass is 9.58. The maximum Gasteiger partial charge on any atom is 0.339 e. The number of aromatic hydroxyl groups is 3. The highest BCUT2D eigenvalue weighted by atomic mass is 16.5. The van der Waals surface area contributed by atoms with Crippen molar-refractivity contribution >= 4 is 53.0 Å². The summed E-state index contributed by atoms with van der Waals surface area (Å²) in [5.74, 6) is -11.7. The Bertz CT molecular complexity index is 2180. The molecule has 0 aromatic heterocycles. The van der Waals surface area contributed by atoms with Gasteiger partial charge in [0.1, 0.15) is 22.6 Å². The SMILES string of the molecule is COc1cc(C=CC2C3=CCC4C(=O)N(c5ccc(C(=O)O)c(O)c5)C(=O)C4C3CC3C(=O)N(c4ccc(C(=O)O)c(O)c4)C(=O)C23)cc(OC)c1O. The summed E-state index contributed by atoms with van der Waals surface area (Å²) in [5, 5.41) is 49.9. The molecule has 0 bridgehead atoms. The summed E-state index contributed by atoms with van der Waals surface area (Å²) in [6.45, 7) is 0. The Morgan fingerprint density at radius 1 is 0.698 bits per heavy atom. The predicted molar refractivity (Wildman–Crippen MR) is 184 cm³/mol. The number of rotatable bonds is 8. The molecule has 1 saturated carbocycles. The van der Waals surface area contributed by atoms with Gasteiger partial charge < -0.3 is 35.0 Å². The lowest BCUT2D eigenvalue weighted by Crippen LogP contribution is -2.43. The lowest BCUT2D eigenvalue weighted by Gasteiger charge is -2.42. The molecule has 2 saturated heterocycles. The van der Waals surface area contributed by atoms with Gasteiger partial charge in [-0.2, -0.15) is 0 Å². The zero-order valence-electron chi connectivity index (χ0n) is 28.1. The zero-order chi connectivity index (χ0) is 38.0. The van der Waals surface area contributed by atoms with E-state index in [4.69, 9.17) is 9.47 Å². The van der Waals surface area contributed by atoms with E-state index in [0.29, 0.717) is 11.1 Å². The van der Waals surface area contributed by atoms with E-state index in [1.54, 1.807) is 24.3 Å². The third-order valence-electron chi connectivity index (χ3n) is 10.6. The average molecular weight is 725 g/mol. The lowest BCUT2D eigenvalue weighted by molar-refractivity contribution is -0.126. The van der Waals surface area contributed by atoms with E-state index in [2.05, 4.69) is 0 Å². The number of ether oxygens (including phenoxy) is 2. The molecule has 0 spiro atoms. The van der Waals surface area contributed by atoms with Gasteiger partial charge in [0.2, 0.25) is 29.4 Å². The molecule has 6 unspecified atom stereocenters. The molecule has 2 aliphatic heterocycles. The Hall–Kier alpha value is -6.64. The minimum atomic E-state index is -1.40. The van der Waals surface area contributed by atoms with E-state index in [1.807, 2.05) is 6.08 Å². The van der Waals surface area contributed by atoms with E-state index in [1.165, 1.54) is 26.4 Å². The van der Waals surface area contributed by atoms with Gasteiger partial charge in [-0.15, -0.1) is 0 Å². The number of methoxy groups -OCH3 is 2. The summed E-state index contributed by atoms with van der Waals surface area (Å²) in [6, 6.07) is 9.84. The first-order chi connectivity index (χ1) is 25.3. The molecule has 3 aromatic carbocycles. The molecule has 3 aromatic rings. The number of hydrogen-bond acceptors (Lipinski definition) is 11. The van der Waals surface area contributed by atoms with Crippen LogP contribution in [0.1, 0.15) is 39.1 Å². The molecule has 0 radical (unpaired) electrons. The van der Waals surface area contributed by atoms with Gasteiger partial charge in [-0.25, -0.2) is 19.4 Å². The van der Waals surface area contributed by atoms with Crippen LogP contribution in [-0.4, -0.2) is 75.3 Å². The van der Waals surface area contributed by atoms with Crippen LogP contribution in [0.3, 0.4) is 0 Å². The van der Waals surface area contributed by atoms with Crippen molar-refractivity contribution in [1.29, 1.82) is 0 Å². The second kappa shape index (κ2) is 12.8. The van der Waals surface area contributed by atoms with Crippen molar-refractivity contribution in [1.82, 2.24) is 0 Å². The van der Waals surface area contributed by atoms with Gasteiger partial charge in [-0.1, -0.05) is 23.8 Å². The Morgan fingerprint density at radius 3 is 1.70 bits per heavy atom. The number of nitrogens with zero attached hydrogens (tertiary/aromatic N) is 2. The Balaban J connectivity index is 1.31. The number of amides is 4. The number of fused-ring (bicyclic) bond motifs is 4. The van der Waals surface area contributed by atoms with Crippen LogP contribution in [0.25, 0.3) is 6.08 Å². The number of benzene rings is 3. The van der Waals surface area contributed by atoms with Gasteiger partial charge in [-0.3, -0.25) is 19.2 Å². The minimum absolute atomic E-state index is 0.0123. The van der Waals surface area contributed by atoms with Crippen molar-refractivity contribution in [2.75, 3.05) is 24.0 Å². The van der Waals surface area contributed by atoms with Crippen molar-refractivity contribution in [3.8, 4) is 28.7 Å². The van der Waals surface area contributed by atoms with Crippen molar-refractivity contribution in [2.45, 2.75) is 12.8 Å². The van der Waals surface area contributed by atoms with Gasteiger partial charge in [0, 0.05) is 18.1 Å². The smallest absolute Gasteiger partial charge is 0.339 e. The molecule has 15 nitrogen and oxygen atoms in total. The molecule has 4 aliphatic rings. The minimum Gasteiger partial charge on any atom is -0.507 e. The van der Waals surface area contributed by atoms with Crippen molar-refractivity contribution in [2.24, 2.45) is 35.5 Å². The highest BCUT2D eigenvalue weighted by Gasteiger charge is 2.61. The third kappa shape index (κ3) is 5.43. The quantitative estimate of drug-likeness (QED) is 0.165. The molecule has 2 heterocycles. The first-order valence-electron chi connectivity index (χ1n) is 16.5. The van der Waals surface area contributed by atoms with Crippen LogP contribution in [0.4, 0.5) is 11.4 Å². The number of hydrogen-bond donors (Lipinski definition) is 5. The number of imide groups is 2. The number of carbonyl (C=O) groups is 6. The molecule has 3 fully saturated rings. The third-order valence-corrected chi connectivity index (χ3v) is 10.6. The fourth-order valence-electron chi connectivity index (χ4n) is 8.26. The summed E-state index contributed by atoms with van der Waals surface area (Å²) in [6.07, 6.45) is 5.32. The van der Waals surface area contributed by atoms with Gasteiger partial charge in [0.05, 0.1) is 49.3 Å². The van der Waals surface area contributed by atoms with Crippen LogP contribution in [0.15, 0.2) is 66.3 Å². The Labute approximate surface area is 300 Å². The highest BCUT2D eigenvalue weighted by molar-refractivity contribution is 6.24. The standard InChI is InChI=1S/C38H32N2O13/c1-52-28-11-16(12-29(53-2)32(28)43)3-6-20-19-9-10-23-31(36(47)39(33(23)44)17-4-7-21(37(48)49)26(41)13-17)24(19)15-25-30(20)35(46)40(34(25)45)18-5-8-22(38(50)51)27(42)14-18/h3-9,11-14,20,23-25,30-31,41-43H,10,15H2,1-2H3,(H,48,49)(H,50,51). The molecule has 4 amide bonds. The first-order valence-corrected chi connectivity index (χ1v) is 16.5. The normalized spacial score (nSPS) is 24.9. The maximum atomic E-state index is 14.3. The summed E-state index contributed by atoms with van der Waals surface area (Å²) in [5.41, 5.74) is 0.279. The molecule has 5 N–H and O–H groups in total. The number of phenols is 3. The number of carbonyl (C=O) groups excluding carboxylic acids is 4. The zero-order valence-corrected chi connectivity index (χ0v) is 28.1. The molecule has 272 valence electrons. The van der Waals surface area contributed by atoms with Gasteiger partial charge in [0.15, 0.2) is 11.5 Å². The van der Waals surface area contributed by atoms with E-state index in [-0.39, 0.29) is 41.5 Å². The van der Waals surface area contributed by atoms with Crippen LogP contribution >= 0.6 is 0 Å². The molecule has 6 atom stereocenters. The number of phenolic OH excluding ortho intramolecular Hbond substituents is 1. The van der Waals surface area contributed by atoms with Gasteiger partial charge in [0.25, 0.3) is 0 Å². The molecule has 2 aliphatic carbocycles. The van der Waals surface area contributed by atoms with E-state index in [9.17, 15) is 54.3 Å². The number of aromatic carboxylic acids is 2. The topological polar surface area (TPSA) is 229 Å². The maximum absolute atomic E-state index is 14.3. The van der Waals surface area contributed by atoms with E-state index in [0.717, 1.165) is 34.1 Å². The van der Waals surface area contributed by atoms with Crippen LogP contribution in [0.2, 0.25) is 0 Å². The molecule has 7 rings (SSSR count). The fourth-order valence-corrected chi connectivity index (χ4v) is 8.26. The van der Waals surface area contributed by atoms with Crippen molar-refractivity contribution in [3.05, 3.63) is 82.9 Å². The highest BCUT2D eigenvalue weighted by Crippen LogP contribution is 2.56. The summed E-state index contributed by atoms with van der Waals surface area (Å²) in [4.78, 5) is 81.3. The molecule has 53 heavy (non-hydrogen) atoms. The van der Waals surface area contributed by atoms with E-state index >= 15 is 0 Å². The van der Waals surface area contributed by atoms with Gasteiger partial charge in [-0.05, 0) is 60.7 Å². The fraction of sp³-hybridized carbons (Fsp3) is 0.263. The Morgan fingerprint density at radius 2 is 1.21 bits per heavy atom. The van der Waals surface area contributed by atoms with Crippen molar-refractivity contribution < 1.29 is 63.8 Å². The van der Waals surface area contributed by atoms with Crippen LogP contribution in [0, 0.1) is 35.5 Å². The monoisotopic (exact) mass is 724 g/mol. The molecular weight excluding hydrogens is 692 g/mol. The molecule has 15 heteroatoms. The average Bonchev–Trinajstić information content (AvgIpc) is 3.53. The summed E-state index contributed by atoms with van der Waals surface area (Å²) in [7, 11) is 2.73. The number of anilines is 2. The van der Waals surface area contributed by atoms with Crippen LogP contribution < -0.4 is 19.3 Å². The molecular formula is C38H32N2O13.